The number of hydrogen-bond acceptors (Lipinski definition) is 3. The van der Waals surface area contributed by atoms with E-state index in [1.54, 1.807) is 18.2 Å². The Morgan fingerprint density at radius 2 is 1.89 bits per heavy atom. The van der Waals surface area contributed by atoms with E-state index in [0.29, 0.717) is 18.5 Å². The number of hydrogen-bond donors (Lipinski definition) is 2. The summed E-state index contributed by atoms with van der Waals surface area (Å²) in [7, 11) is 0. The van der Waals surface area contributed by atoms with Gasteiger partial charge in [0, 0.05) is 11.4 Å². The van der Waals surface area contributed by atoms with E-state index in [1.165, 1.54) is 12.1 Å². The van der Waals surface area contributed by atoms with Crippen LogP contribution in [0.2, 0.25) is 0 Å². The third-order valence-electron chi connectivity index (χ3n) is 2.77. The quantitative estimate of drug-likeness (QED) is 0.883. The standard InChI is InChI=1S/C15H14FN3/c16-13-3-6-15(12(9-13)7-8-17)19-14-4-1-11(10-18)2-5-14/h1-6,9,19H,7-8,17H2. The number of benzene rings is 2. The average Bonchev–Trinajstić information content (AvgIpc) is 2.43. The van der Waals surface area contributed by atoms with Gasteiger partial charge in [-0.25, -0.2) is 4.39 Å². The Morgan fingerprint density at radius 3 is 2.53 bits per heavy atom. The van der Waals surface area contributed by atoms with Crippen molar-refractivity contribution in [1.29, 1.82) is 5.26 Å². The Bertz CT molecular complexity index is 600. The maximum Gasteiger partial charge on any atom is 0.123 e. The fourth-order valence-corrected chi connectivity index (χ4v) is 1.83. The van der Waals surface area contributed by atoms with Gasteiger partial charge in [0.25, 0.3) is 0 Å². The molecule has 3 nitrogen and oxygen atoms in total. The number of nitrogens with one attached hydrogen (secondary N) is 1. The van der Waals surface area contributed by atoms with Crippen molar-refractivity contribution < 1.29 is 4.39 Å². The highest BCUT2D eigenvalue weighted by Crippen LogP contribution is 2.22. The molecule has 0 saturated carbocycles. The number of halogens is 1. The van der Waals surface area contributed by atoms with E-state index in [1.807, 2.05) is 12.1 Å². The summed E-state index contributed by atoms with van der Waals surface area (Å²) in [6.45, 7) is 0.464. The highest BCUT2D eigenvalue weighted by atomic mass is 19.1. The lowest BCUT2D eigenvalue weighted by atomic mass is 10.1. The first-order chi connectivity index (χ1) is 9.22. The molecular formula is C15H14FN3. The summed E-state index contributed by atoms with van der Waals surface area (Å²) in [6, 6.07) is 13.7. The summed E-state index contributed by atoms with van der Waals surface area (Å²) in [5, 5.41) is 11.9. The van der Waals surface area contributed by atoms with Crippen LogP contribution in [0, 0.1) is 17.1 Å². The molecule has 0 fully saturated rings. The van der Waals surface area contributed by atoms with Crippen LogP contribution in [0.25, 0.3) is 0 Å². The lowest BCUT2D eigenvalue weighted by Gasteiger charge is -2.11. The zero-order valence-corrected chi connectivity index (χ0v) is 10.4. The van der Waals surface area contributed by atoms with Crippen molar-refractivity contribution in [3.05, 3.63) is 59.4 Å². The molecule has 0 bridgehead atoms. The monoisotopic (exact) mass is 255 g/mol. The van der Waals surface area contributed by atoms with E-state index >= 15 is 0 Å². The van der Waals surface area contributed by atoms with Crippen LogP contribution in [0.3, 0.4) is 0 Å². The Kier molecular flexibility index (Phi) is 4.11. The Labute approximate surface area is 111 Å². The minimum Gasteiger partial charge on any atom is -0.355 e. The molecule has 0 aliphatic rings. The zero-order chi connectivity index (χ0) is 13.7. The maximum absolute atomic E-state index is 13.2. The van der Waals surface area contributed by atoms with Gasteiger partial charge in [0.1, 0.15) is 5.82 Å². The molecule has 0 amide bonds. The van der Waals surface area contributed by atoms with Crippen LogP contribution in [-0.2, 0) is 6.42 Å². The topological polar surface area (TPSA) is 61.8 Å². The molecule has 2 rings (SSSR count). The minimum atomic E-state index is -0.270. The smallest absolute Gasteiger partial charge is 0.123 e. The van der Waals surface area contributed by atoms with E-state index in [2.05, 4.69) is 11.4 Å². The number of nitrogens with zero attached hydrogens (tertiary/aromatic N) is 1. The summed E-state index contributed by atoms with van der Waals surface area (Å²) < 4.78 is 13.2. The van der Waals surface area contributed by atoms with Crippen molar-refractivity contribution in [3.8, 4) is 6.07 Å². The number of nitriles is 1. The van der Waals surface area contributed by atoms with Crippen LogP contribution in [0.5, 0.6) is 0 Å². The van der Waals surface area contributed by atoms with Gasteiger partial charge in [-0.3, -0.25) is 0 Å². The Balaban J connectivity index is 2.24. The molecule has 0 radical (unpaired) electrons. The molecule has 0 saturated heterocycles. The van der Waals surface area contributed by atoms with Gasteiger partial charge in [-0.15, -0.1) is 0 Å². The molecule has 96 valence electrons. The predicted molar refractivity (Wildman–Crippen MR) is 73.6 cm³/mol. The highest BCUT2D eigenvalue weighted by Gasteiger charge is 2.04. The van der Waals surface area contributed by atoms with E-state index in [9.17, 15) is 4.39 Å². The van der Waals surface area contributed by atoms with E-state index < -0.39 is 0 Å². The molecule has 0 heterocycles. The van der Waals surface area contributed by atoms with Gasteiger partial charge in [0.2, 0.25) is 0 Å². The van der Waals surface area contributed by atoms with Crippen LogP contribution in [0.4, 0.5) is 15.8 Å². The van der Waals surface area contributed by atoms with Gasteiger partial charge in [-0.1, -0.05) is 0 Å². The molecule has 0 aromatic heterocycles. The molecule has 19 heavy (non-hydrogen) atoms. The van der Waals surface area contributed by atoms with Gasteiger partial charge >= 0.3 is 0 Å². The lowest BCUT2D eigenvalue weighted by Crippen LogP contribution is -2.05. The first kappa shape index (κ1) is 13.1. The number of nitrogens with two attached hydrogens (primary N) is 1. The van der Waals surface area contributed by atoms with Gasteiger partial charge in [-0.2, -0.15) is 5.26 Å². The maximum atomic E-state index is 13.2. The molecule has 0 aliphatic heterocycles. The van der Waals surface area contributed by atoms with Crippen LogP contribution >= 0.6 is 0 Å². The first-order valence-corrected chi connectivity index (χ1v) is 5.98. The summed E-state index contributed by atoms with van der Waals surface area (Å²) >= 11 is 0. The second kappa shape index (κ2) is 5.98. The van der Waals surface area contributed by atoms with E-state index in [4.69, 9.17) is 11.0 Å². The van der Waals surface area contributed by atoms with Crippen LogP contribution < -0.4 is 11.1 Å². The molecule has 3 N–H and O–H groups in total. The van der Waals surface area contributed by atoms with Crippen molar-refractivity contribution >= 4 is 11.4 Å². The molecule has 2 aromatic rings. The van der Waals surface area contributed by atoms with E-state index in [0.717, 1.165) is 16.9 Å². The van der Waals surface area contributed by atoms with Crippen LogP contribution in [0.1, 0.15) is 11.1 Å². The minimum absolute atomic E-state index is 0.270. The van der Waals surface area contributed by atoms with Gasteiger partial charge in [0.05, 0.1) is 11.6 Å². The van der Waals surface area contributed by atoms with Crippen LogP contribution in [-0.4, -0.2) is 6.54 Å². The van der Waals surface area contributed by atoms with Gasteiger partial charge in [-0.05, 0) is 61.0 Å². The summed E-state index contributed by atoms with van der Waals surface area (Å²) in [4.78, 5) is 0. The summed E-state index contributed by atoms with van der Waals surface area (Å²) in [5.74, 6) is -0.270. The van der Waals surface area contributed by atoms with Crippen LogP contribution in [0.15, 0.2) is 42.5 Å². The van der Waals surface area contributed by atoms with Gasteiger partial charge in [0.15, 0.2) is 0 Å². The first-order valence-electron chi connectivity index (χ1n) is 5.98. The summed E-state index contributed by atoms with van der Waals surface area (Å²) in [5.41, 5.74) is 8.65. The SMILES string of the molecule is N#Cc1ccc(Nc2ccc(F)cc2CCN)cc1. The molecule has 0 unspecified atom stereocenters. The molecular weight excluding hydrogens is 241 g/mol. The molecule has 0 aliphatic carbocycles. The van der Waals surface area contributed by atoms with Crippen molar-refractivity contribution in [2.24, 2.45) is 5.73 Å². The molecule has 2 aromatic carbocycles. The van der Waals surface area contributed by atoms with Crippen molar-refractivity contribution in [3.63, 3.8) is 0 Å². The van der Waals surface area contributed by atoms with E-state index in [-0.39, 0.29) is 5.82 Å². The fraction of sp³-hybridized carbons (Fsp3) is 0.133. The zero-order valence-electron chi connectivity index (χ0n) is 10.4. The third-order valence-corrected chi connectivity index (χ3v) is 2.77. The second-order valence-electron chi connectivity index (χ2n) is 4.15. The molecule has 4 heteroatoms. The highest BCUT2D eigenvalue weighted by molar-refractivity contribution is 5.63. The molecule has 0 spiro atoms. The normalized spacial score (nSPS) is 9.95. The largest absolute Gasteiger partial charge is 0.355 e. The fourth-order valence-electron chi connectivity index (χ4n) is 1.83. The third kappa shape index (κ3) is 3.30. The van der Waals surface area contributed by atoms with Crippen molar-refractivity contribution in [2.45, 2.75) is 6.42 Å². The number of anilines is 2. The van der Waals surface area contributed by atoms with Gasteiger partial charge < -0.3 is 11.1 Å². The Morgan fingerprint density at radius 1 is 1.16 bits per heavy atom. The number of rotatable bonds is 4. The summed E-state index contributed by atoms with van der Waals surface area (Å²) in [6.07, 6.45) is 0.608. The second-order valence-corrected chi connectivity index (χ2v) is 4.15. The van der Waals surface area contributed by atoms with Crippen molar-refractivity contribution in [1.82, 2.24) is 0 Å². The molecule has 0 atom stereocenters. The Hall–Kier alpha value is -2.38. The lowest BCUT2D eigenvalue weighted by molar-refractivity contribution is 0.625. The average molecular weight is 255 g/mol. The van der Waals surface area contributed by atoms with Crippen molar-refractivity contribution in [2.75, 3.05) is 11.9 Å². The predicted octanol–water partition coefficient (Wildman–Crippen LogP) is 2.94.